The molecule has 8 heteroatoms. The number of hydrogen-bond acceptors (Lipinski definition) is 6. The lowest BCUT2D eigenvalue weighted by Gasteiger charge is -2.15. The van der Waals surface area contributed by atoms with Crippen LogP contribution in [-0.4, -0.2) is 47.5 Å². The molecule has 7 nitrogen and oxygen atoms in total. The molecule has 0 saturated carbocycles. The van der Waals surface area contributed by atoms with Crippen molar-refractivity contribution >= 4 is 46.1 Å². The molecule has 0 radical (unpaired) electrons. The molecule has 0 unspecified atom stereocenters. The van der Waals surface area contributed by atoms with Crippen molar-refractivity contribution in [2.24, 2.45) is 0 Å². The van der Waals surface area contributed by atoms with Gasteiger partial charge < -0.3 is 15.2 Å². The molecule has 23 heavy (non-hydrogen) atoms. The number of carbonyl (C=O) groups is 3. The van der Waals surface area contributed by atoms with Crippen LogP contribution in [0.4, 0.5) is 5.69 Å². The van der Waals surface area contributed by atoms with E-state index >= 15 is 0 Å². The Morgan fingerprint density at radius 1 is 1.39 bits per heavy atom. The quantitative estimate of drug-likeness (QED) is 0.399. The second kappa shape index (κ2) is 7.55. The SMILES string of the molecule is CCOC(=O)c1cc(I)ccc1NC1=CC(=O)N(CCO)C1=O. The zero-order valence-electron chi connectivity index (χ0n) is 12.3. The van der Waals surface area contributed by atoms with Gasteiger partial charge in [-0.2, -0.15) is 0 Å². The van der Waals surface area contributed by atoms with E-state index in [0.717, 1.165) is 14.5 Å². The zero-order chi connectivity index (χ0) is 17.0. The minimum atomic E-state index is -0.544. The van der Waals surface area contributed by atoms with Gasteiger partial charge in [0.15, 0.2) is 0 Å². The van der Waals surface area contributed by atoms with Gasteiger partial charge in [-0.1, -0.05) is 0 Å². The molecule has 122 valence electrons. The minimum absolute atomic E-state index is 0.0511. The lowest BCUT2D eigenvalue weighted by molar-refractivity contribution is -0.137. The summed E-state index contributed by atoms with van der Waals surface area (Å²) >= 11 is 2.06. The molecule has 0 fully saturated rings. The number of esters is 1. The first-order chi connectivity index (χ1) is 11.0. The van der Waals surface area contributed by atoms with Crippen LogP contribution in [0.25, 0.3) is 0 Å². The van der Waals surface area contributed by atoms with Crippen LogP contribution in [0, 0.1) is 3.57 Å². The van der Waals surface area contributed by atoms with Gasteiger partial charge in [0.2, 0.25) is 0 Å². The number of rotatable bonds is 6. The molecule has 1 heterocycles. The van der Waals surface area contributed by atoms with E-state index in [4.69, 9.17) is 9.84 Å². The molecule has 2 N–H and O–H groups in total. The predicted molar refractivity (Wildman–Crippen MR) is 90.6 cm³/mol. The van der Waals surface area contributed by atoms with Crippen molar-refractivity contribution in [2.45, 2.75) is 6.92 Å². The van der Waals surface area contributed by atoms with Crippen LogP contribution in [0.15, 0.2) is 30.0 Å². The second-order valence-corrected chi connectivity index (χ2v) is 5.86. The summed E-state index contributed by atoms with van der Waals surface area (Å²) in [6, 6.07) is 5.04. The maximum absolute atomic E-state index is 12.1. The molecule has 2 amide bonds. The van der Waals surface area contributed by atoms with Gasteiger partial charge in [-0.15, -0.1) is 0 Å². The van der Waals surface area contributed by atoms with Crippen molar-refractivity contribution < 1.29 is 24.2 Å². The third kappa shape index (κ3) is 3.88. The van der Waals surface area contributed by atoms with E-state index in [1.165, 1.54) is 0 Å². The number of β-amino-alcohol motifs (C(OH)–C–C–N with tert-alkyl or cyclic N) is 1. The molecule has 2 rings (SSSR count). The number of hydrogen-bond donors (Lipinski definition) is 2. The fourth-order valence-corrected chi connectivity index (χ4v) is 2.55. The van der Waals surface area contributed by atoms with Crippen molar-refractivity contribution in [3.8, 4) is 0 Å². The Balaban J connectivity index is 2.27. The van der Waals surface area contributed by atoms with Crippen LogP contribution in [0.2, 0.25) is 0 Å². The van der Waals surface area contributed by atoms with Crippen LogP contribution >= 0.6 is 22.6 Å². The lowest BCUT2D eigenvalue weighted by atomic mass is 10.1. The van der Waals surface area contributed by atoms with Crippen molar-refractivity contribution in [1.82, 2.24) is 4.90 Å². The fourth-order valence-electron chi connectivity index (χ4n) is 2.06. The number of imide groups is 1. The Hall–Kier alpha value is -1.94. The highest BCUT2D eigenvalue weighted by molar-refractivity contribution is 14.1. The monoisotopic (exact) mass is 430 g/mol. The van der Waals surface area contributed by atoms with Gasteiger partial charge in [0.25, 0.3) is 11.8 Å². The molecule has 0 spiro atoms. The molecule has 0 bridgehead atoms. The van der Waals surface area contributed by atoms with Crippen LogP contribution < -0.4 is 5.32 Å². The van der Waals surface area contributed by atoms with E-state index in [2.05, 4.69) is 27.9 Å². The predicted octanol–water partition coefficient (Wildman–Crippen LogP) is 1.12. The summed E-state index contributed by atoms with van der Waals surface area (Å²) in [6.07, 6.45) is 1.14. The number of nitrogens with zero attached hydrogens (tertiary/aromatic N) is 1. The molecule has 0 saturated heterocycles. The van der Waals surface area contributed by atoms with E-state index < -0.39 is 17.8 Å². The summed E-state index contributed by atoms with van der Waals surface area (Å²) in [6.45, 7) is 1.55. The number of halogens is 1. The summed E-state index contributed by atoms with van der Waals surface area (Å²) in [5.74, 6) is -1.56. The number of anilines is 1. The Morgan fingerprint density at radius 2 is 2.13 bits per heavy atom. The maximum atomic E-state index is 12.1. The molecule has 0 atom stereocenters. The topological polar surface area (TPSA) is 95.9 Å². The smallest absolute Gasteiger partial charge is 0.340 e. The van der Waals surface area contributed by atoms with E-state index in [-0.39, 0.29) is 31.0 Å². The molecular weight excluding hydrogens is 415 g/mol. The molecule has 1 aliphatic heterocycles. The summed E-state index contributed by atoms with van der Waals surface area (Å²) in [5.41, 5.74) is 0.706. The highest BCUT2D eigenvalue weighted by Crippen LogP contribution is 2.23. The van der Waals surface area contributed by atoms with Crippen molar-refractivity contribution in [1.29, 1.82) is 0 Å². The van der Waals surface area contributed by atoms with Gasteiger partial charge in [0.05, 0.1) is 31.0 Å². The Kier molecular flexibility index (Phi) is 5.72. The summed E-state index contributed by atoms with van der Waals surface area (Å²) < 4.78 is 5.83. The van der Waals surface area contributed by atoms with Crippen molar-refractivity contribution in [3.05, 3.63) is 39.1 Å². The average Bonchev–Trinajstić information content (AvgIpc) is 2.77. The lowest BCUT2D eigenvalue weighted by Crippen LogP contribution is -2.34. The summed E-state index contributed by atoms with van der Waals surface area (Å²) in [4.78, 5) is 36.8. The normalized spacial score (nSPS) is 14.0. The van der Waals surface area contributed by atoms with Crippen LogP contribution in [-0.2, 0) is 14.3 Å². The van der Waals surface area contributed by atoms with Gasteiger partial charge in [0.1, 0.15) is 5.70 Å². The number of nitrogens with one attached hydrogen (secondary N) is 1. The van der Waals surface area contributed by atoms with E-state index in [0.29, 0.717) is 5.69 Å². The summed E-state index contributed by atoms with van der Waals surface area (Å²) in [7, 11) is 0. The molecule has 1 aromatic carbocycles. The molecular formula is C15H15IN2O5. The average molecular weight is 430 g/mol. The minimum Gasteiger partial charge on any atom is -0.462 e. The number of benzene rings is 1. The molecule has 1 aliphatic rings. The number of aliphatic hydroxyl groups excluding tert-OH is 1. The largest absolute Gasteiger partial charge is 0.462 e. The van der Waals surface area contributed by atoms with E-state index in [1.54, 1.807) is 25.1 Å². The first-order valence-electron chi connectivity index (χ1n) is 6.90. The third-order valence-electron chi connectivity index (χ3n) is 3.08. The highest BCUT2D eigenvalue weighted by atomic mass is 127. The van der Waals surface area contributed by atoms with E-state index in [1.807, 2.05) is 0 Å². The van der Waals surface area contributed by atoms with Crippen LogP contribution in [0.1, 0.15) is 17.3 Å². The number of ether oxygens (including phenoxy) is 1. The number of carbonyl (C=O) groups excluding carboxylic acids is 3. The Morgan fingerprint density at radius 3 is 2.78 bits per heavy atom. The first-order valence-corrected chi connectivity index (χ1v) is 7.98. The van der Waals surface area contributed by atoms with Crippen LogP contribution in [0.3, 0.4) is 0 Å². The van der Waals surface area contributed by atoms with Gasteiger partial charge in [-0.25, -0.2) is 4.79 Å². The molecule has 0 aliphatic carbocycles. The standard InChI is InChI=1S/C15H15IN2O5/c1-2-23-15(22)10-7-9(16)3-4-11(10)17-12-8-13(20)18(5-6-19)14(12)21/h3-4,7-8,17,19H,2,5-6H2,1H3. The third-order valence-corrected chi connectivity index (χ3v) is 3.75. The van der Waals surface area contributed by atoms with Crippen molar-refractivity contribution in [3.63, 3.8) is 0 Å². The Labute approximate surface area is 146 Å². The zero-order valence-corrected chi connectivity index (χ0v) is 14.5. The fraction of sp³-hybridized carbons (Fsp3) is 0.267. The second-order valence-electron chi connectivity index (χ2n) is 4.61. The van der Waals surface area contributed by atoms with Crippen LogP contribution in [0.5, 0.6) is 0 Å². The Bertz CT molecular complexity index is 686. The van der Waals surface area contributed by atoms with Gasteiger partial charge in [-0.3, -0.25) is 14.5 Å². The maximum Gasteiger partial charge on any atom is 0.340 e. The number of aliphatic hydroxyl groups is 1. The van der Waals surface area contributed by atoms with E-state index in [9.17, 15) is 14.4 Å². The molecule has 0 aromatic heterocycles. The first kappa shape index (κ1) is 17.4. The van der Waals surface area contributed by atoms with Crippen molar-refractivity contribution in [2.75, 3.05) is 25.1 Å². The highest BCUT2D eigenvalue weighted by Gasteiger charge is 2.31. The van der Waals surface area contributed by atoms with Gasteiger partial charge >= 0.3 is 5.97 Å². The number of amides is 2. The summed E-state index contributed by atoms with van der Waals surface area (Å²) in [5, 5.41) is 11.7. The van der Waals surface area contributed by atoms with Gasteiger partial charge in [-0.05, 0) is 47.7 Å². The molecule has 1 aromatic rings. The van der Waals surface area contributed by atoms with Gasteiger partial charge in [0, 0.05) is 9.65 Å².